The van der Waals surface area contributed by atoms with E-state index in [1.807, 2.05) is 25.1 Å². The highest BCUT2D eigenvalue weighted by Gasteiger charge is 2.15. The van der Waals surface area contributed by atoms with Crippen molar-refractivity contribution >= 4 is 17.5 Å². The molecule has 0 atom stereocenters. The number of nitrogens with two attached hydrogens (primary N) is 1. The Morgan fingerprint density at radius 1 is 1.12 bits per heavy atom. The predicted octanol–water partition coefficient (Wildman–Crippen LogP) is 2.96. The Bertz CT molecular complexity index is 978. The molecule has 6 heteroatoms. The lowest BCUT2D eigenvalue weighted by molar-refractivity contribution is 0.0998. The zero-order valence-electron chi connectivity index (χ0n) is 12.9. The monoisotopic (exact) mass is 339 g/mol. The lowest BCUT2D eigenvalue weighted by atomic mass is 10.1. The van der Waals surface area contributed by atoms with Gasteiger partial charge >= 0.3 is 0 Å². The van der Waals surface area contributed by atoms with Crippen LogP contribution in [0.1, 0.15) is 15.9 Å². The molecule has 0 aliphatic rings. The second-order valence-electron chi connectivity index (χ2n) is 5.37. The van der Waals surface area contributed by atoms with E-state index < -0.39 is 11.5 Å². The van der Waals surface area contributed by atoms with Crippen molar-refractivity contribution in [2.75, 3.05) is 0 Å². The Morgan fingerprint density at radius 3 is 2.46 bits per heavy atom. The first-order valence-electron chi connectivity index (χ1n) is 7.23. The molecule has 120 valence electrons. The summed E-state index contributed by atoms with van der Waals surface area (Å²) in [6, 6.07) is 15.6. The van der Waals surface area contributed by atoms with Crippen LogP contribution in [0.2, 0.25) is 5.02 Å². The largest absolute Gasteiger partial charge is 0.365 e. The molecule has 2 aromatic carbocycles. The first-order valence-corrected chi connectivity index (χ1v) is 7.60. The molecule has 0 unspecified atom stereocenters. The van der Waals surface area contributed by atoms with Crippen LogP contribution in [0.3, 0.4) is 0 Å². The number of hydrogen-bond acceptors (Lipinski definition) is 3. The van der Waals surface area contributed by atoms with Crippen LogP contribution in [0.5, 0.6) is 0 Å². The summed E-state index contributed by atoms with van der Waals surface area (Å²) in [6.07, 6.45) is 0. The van der Waals surface area contributed by atoms with Crippen molar-refractivity contribution in [3.05, 3.63) is 81.1 Å². The minimum atomic E-state index is -0.793. The smallest absolute Gasteiger partial charge is 0.284 e. The summed E-state index contributed by atoms with van der Waals surface area (Å²) in [5.41, 5.74) is 7.42. The van der Waals surface area contributed by atoms with Gasteiger partial charge in [0.05, 0.1) is 11.4 Å². The number of carbonyl (C=O) groups excluding carboxylic acids is 1. The Hall–Kier alpha value is -2.92. The molecule has 0 aliphatic carbocycles. The molecule has 1 aromatic heterocycles. The molecule has 3 rings (SSSR count). The summed E-state index contributed by atoms with van der Waals surface area (Å²) < 4.78 is 1.19. The number of amides is 1. The van der Waals surface area contributed by atoms with E-state index >= 15 is 0 Å². The molecular formula is C18H14ClN3O2. The Morgan fingerprint density at radius 2 is 1.83 bits per heavy atom. The molecule has 0 fully saturated rings. The molecule has 24 heavy (non-hydrogen) atoms. The summed E-state index contributed by atoms with van der Waals surface area (Å²) in [6.45, 7) is 1.91. The summed E-state index contributed by atoms with van der Waals surface area (Å²) in [7, 11) is 0. The van der Waals surface area contributed by atoms with E-state index in [0.29, 0.717) is 16.4 Å². The predicted molar refractivity (Wildman–Crippen MR) is 93.5 cm³/mol. The molecule has 0 saturated carbocycles. The fourth-order valence-corrected chi connectivity index (χ4v) is 2.49. The Balaban J connectivity index is 2.27. The van der Waals surface area contributed by atoms with Gasteiger partial charge in [-0.1, -0.05) is 35.9 Å². The summed E-state index contributed by atoms with van der Waals surface area (Å²) >= 11 is 5.90. The van der Waals surface area contributed by atoms with Crippen LogP contribution >= 0.6 is 11.6 Å². The number of primary amides is 1. The van der Waals surface area contributed by atoms with Crippen molar-refractivity contribution in [1.29, 1.82) is 0 Å². The standard InChI is InChI=1S/C18H14ClN3O2/c1-11-3-2-4-14(9-11)22-18(24)15(17(20)23)10-16(21-22)12-5-7-13(19)8-6-12/h2-10H,1H3,(H2,20,23). The van der Waals surface area contributed by atoms with E-state index in [-0.39, 0.29) is 5.56 Å². The normalized spacial score (nSPS) is 10.6. The minimum Gasteiger partial charge on any atom is -0.365 e. The van der Waals surface area contributed by atoms with Crippen LogP contribution in [0.15, 0.2) is 59.4 Å². The molecular weight excluding hydrogens is 326 g/mol. The van der Waals surface area contributed by atoms with Crippen LogP contribution in [0, 0.1) is 6.92 Å². The van der Waals surface area contributed by atoms with E-state index in [0.717, 1.165) is 11.1 Å². The minimum absolute atomic E-state index is 0.114. The van der Waals surface area contributed by atoms with E-state index in [4.69, 9.17) is 17.3 Å². The number of nitrogens with zero attached hydrogens (tertiary/aromatic N) is 2. The van der Waals surface area contributed by atoms with E-state index in [9.17, 15) is 9.59 Å². The topological polar surface area (TPSA) is 78.0 Å². The highest BCUT2D eigenvalue weighted by Crippen LogP contribution is 2.20. The fourth-order valence-electron chi connectivity index (χ4n) is 2.37. The number of benzene rings is 2. The molecule has 1 heterocycles. The average molecular weight is 340 g/mol. The summed E-state index contributed by atoms with van der Waals surface area (Å²) in [5, 5.41) is 4.96. The van der Waals surface area contributed by atoms with Gasteiger partial charge in [0.1, 0.15) is 5.56 Å². The van der Waals surface area contributed by atoms with Gasteiger partial charge in [0.2, 0.25) is 0 Å². The lowest BCUT2D eigenvalue weighted by Crippen LogP contribution is -2.30. The average Bonchev–Trinajstić information content (AvgIpc) is 2.55. The van der Waals surface area contributed by atoms with Gasteiger partial charge in [0.15, 0.2) is 0 Å². The molecule has 0 spiro atoms. The lowest BCUT2D eigenvalue weighted by Gasteiger charge is -2.10. The maximum absolute atomic E-state index is 12.5. The van der Waals surface area contributed by atoms with Gasteiger partial charge in [0, 0.05) is 10.6 Å². The number of hydrogen-bond donors (Lipinski definition) is 1. The number of halogens is 1. The van der Waals surface area contributed by atoms with Crippen molar-refractivity contribution in [2.24, 2.45) is 5.73 Å². The van der Waals surface area contributed by atoms with Crippen molar-refractivity contribution in [1.82, 2.24) is 9.78 Å². The SMILES string of the molecule is Cc1cccc(-n2nc(-c3ccc(Cl)cc3)cc(C(N)=O)c2=O)c1. The van der Waals surface area contributed by atoms with Crippen LogP contribution in [0.4, 0.5) is 0 Å². The van der Waals surface area contributed by atoms with Crippen molar-refractivity contribution in [3.8, 4) is 16.9 Å². The highest BCUT2D eigenvalue weighted by atomic mass is 35.5. The van der Waals surface area contributed by atoms with Gasteiger partial charge in [-0.25, -0.2) is 0 Å². The quantitative estimate of drug-likeness (QED) is 0.796. The van der Waals surface area contributed by atoms with Crippen LogP contribution in [0.25, 0.3) is 16.9 Å². The fraction of sp³-hybridized carbons (Fsp3) is 0.0556. The van der Waals surface area contributed by atoms with Crippen molar-refractivity contribution in [2.45, 2.75) is 6.92 Å². The number of rotatable bonds is 3. The maximum atomic E-state index is 12.5. The van der Waals surface area contributed by atoms with Crippen LogP contribution < -0.4 is 11.3 Å². The van der Waals surface area contributed by atoms with Gasteiger partial charge in [0.25, 0.3) is 11.5 Å². The second-order valence-corrected chi connectivity index (χ2v) is 5.81. The second kappa shape index (κ2) is 6.29. The zero-order chi connectivity index (χ0) is 17.3. The molecule has 0 bridgehead atoms. The van der Waals surface area contributed by atoms with Gasteiger partial charge in [-0.2, -0.15) is 9.78 Å². The molecule has 5 nitrogen and oxygen atoms in total. The van der Waals surface area contributed by atoms with Gasteiger partial charge in [-0.3, -0.25) is 9.59 Å². The van der Waals surface area contributed by atoms with Gasteiger partial charge in [-0.15, -0.1) is 0 Å². The van der Waals surface area contributed by atoms with Crippen molar-refractivity contribution < 1.29 is 4.79 Å². The molecule has 0 aliphatic heterocycles. The molecule has 3 aromatic rings. The first kappa shape index (κ1) is 16.0. The Labute approximate surface area is 143 Å². The van der Waals surface area contributed by atoms with E-state index in [2.05, 4.69) is 5.10 Å². The molecule has 2 N–H and O–H groups in total. The zero-order valence-corrected chi connectivity index (χ0v) is 13.6. The Kier molecular flexibility index (Phi) is 4.18. The molecule has 0 saturated heterocycles. The third-order valence-electron chi connectivity index (χ3n) is 3.56. The summed E-state index contributed by atoms with van der Waals surface area (Å²) in [5.74, 6) is -0.793. The van der Waals surface area contributed by atoms with Gasteiger partial charge in [-0.05, 0) is 42.8 Å². The first-order chi connectivity index (χ1) is 11.5. The third kappa shape index (κ3) is 3.07. The molecule has 0 radical (unpaired) electrons. The number of aryl methyl sites for hydroxylation is 1. The van der Waals surface area contributed by atoms with Crippen LogP contribution in [-0.2, 0) is 0 Å². The van der Waals surface area contributed by atoms with E-state index in [1.165, 1.54) is 10.7 Å². The molecule has 1 amide bonds. The van der Waals surface area contributed by atoms with E-state index in [1.54, 1.807) is 30.3 Å². The third-order valence-corrected chi connectivity index (χ3v) is 3.82. The van der Waals surface area contributed by atoms with Gasteiger partial charge < -0.3 is 5.73 Å². The highest BCUT2D eigenvalue weighted by molar-refractivity contribution is 6.30. The maximum Gasteiger partial charge on any atom is 0.284 e. The number of aromatic nitrogens is 2. The van der Waals surface area contributed by atoms with Crippen LogP contribution in [-0.4, -0.2) is 15.7 Å². The van der Waals surface area contributed by atoms with Crippen molar-refractivity contribution in [3.63, 3.8) is 0 Å². The summed E-state index contributed by atoms with van der Waals surface area (Å²) in [4.78, 5) is 24.2. The number of carbonyl (C=O) groups is 1.